The van der Waals surface area contributed by atoms with E-state index in [4.69, 9.17) is 28.4 Å². The Bertz CT molecular complexity index is 3850. The van der Waals surface area contributed by atoms with Crippen LogP contribution in [0, 0.1) is 35.2 Å². The van der Waals surface area contributed by atoms with Crippen molar-refractivity contribution in [3.63, 3.8) is 0 Å². The molecule has 3 heterocycles. The molecule has 0 bridgehead atoms. The van der Waals surface area contributed by atoms with Gasteiger partial charge in [-0.2, -0.15) is 0 Å². The van der Waals surface area contributed by atoms with Gasteiger partial charge in [-0.05, 0) is 234 Å². The zero-order valence-corrected chi connectivity index (χ0v) is 61.5. The van der Waals surface area contributed by atoms with Crippen LogP contribution in [0.1, 0.15) is 160 Å². The Balaban J connectivity index is 0.000000140. The Morgan fingerprint density at radius 1 is 0.295 bits per heavy atom. The van der Waals surface area contributed by atoms with Gasteiger partial charge in [0.05, 0.1) is 0 Å². The first-order valence-corrected chi connectivity index (χ1v) is 37.7. The second-order valence-electron chi connectivity index (χ2n) is 29.4. The topological polar surface area (TPSA) is 126 Å². The molecule has 105 heavy (non-hydrogen) atoms. The molecule has 0 amide bonds. The molecule has 9 aromatic carbocycles. The van der Waals surface area contributed by atoms with Gasteiger partial charge in [-0.15, -0.1) is 0 Å². The van der Waals surface area contributed by atoms with Crippen molar-refractivity contribution in [3.05, 3.63) is 284 Å². The van der Waals surface area contributed by atoms with Crippen LogP contribution in [0.5, 0.6) is 17.2 Å². The summed E-state index contributed by atoms with van der Waals surface area (Å²) in [5.41, 5.74) is 15.3. The van der Waals surface area contributed by atoms with E-state index in [-0.39, 0.29) is 89.1 Å². The van der Waals surface area contributed by atoms with Gasteiger partial charge < -0.3 is 58.4 Å². The highest BCUT2D eigenvalue weighted by Crippen LogP contribution is 2.52. The lowest BCUT2D eigenvalue weighted by atomic mass is 9.69. The minimum atomic E-state index is -0.183. The Labute approximate surface area is 618 Å². The average molecular weight is 1430 g/mol. The van der Waals surface area contributed by atoms with Crippen LogP contribution in [0.3, 0.4) is 0 Å². The van der Waals surface area contributed by atoms with E-state index in [2.05, 4.69) is 106 Å². The number of hydrogen-bond acceptors (Lipinski definition) is 12. The summed E-state index contributed by atoms with van der Waals surface area (Å²) in [5, 5.41) is 30.2. The number of piperidine rings is 3. The summed E-state index contributed by atoms with van der Waals surface area (Å²) in [6.07, 6.45) is 10.5. The normalized spacial score (nSPS) is 20.7. The van der Waals surface area contributed by atoms with Crippen molar-refractivity contribution in [2.45, 2.75) is 131 Å². The summed E-state index contributed by atoms with van der Waals surface area (Å²) in [6, 6.07) is 65.2. The number of phenols is 3. The number of methoxy groups -OCH3 is 6. The van der Waals surface area contributed by atoms with Crippen molar-refractivity contribution in [2.24, 2.45) is 17.8 Å². The second-order valence-corrected chi connectivity index (χ2v) is 29.4. The van der Waals surface area contributed by atoms with E-state index in [1.165, 1.54) is 16.7 Å². The average Bonchev–Trinajstić information content (AvgIpc) is 0.774. The van der Waals surface area contributed by atoms with Gasteiger partial charge in [-0.25, -0.2) is 13.2 Å². The van der Waals surface area contributed by atoms with Crippen LogP contribution in [-0.2, 0) is 47.7 Å². The molecule has 3 fully saturated rings. The van der Waals surface area contributed by atoms with Crippen LogP contribution < -0.4 is 14.7 Å². The molecule has 0 saturated carbocycles. The molecule has 15 heteroatoms. The molecular weight excluding hydrogens is 1320 g/mol. The number of anilines is 3. The fourth-order valence-electron chi connectivity index (χ4n) is 18.4. The number of hydrogen-bond donors (Lipinski definition) is 3. The van der Waals surface area contributed by atoms with Crippen molar-refractivity contribution in [1.82, 2.24) is 0 Å². The van der Waals surface area contributed by atoms with Crippen LogP contribution in [0.15, 0.2) is 200 Å². The van der Waals surface area contributed by atoms with Gasteiger partial charge in [0.25, 0.3) is 0 Å². The third-order valence-electron chi connectivity index (χ3n) is 23.7. The van der Waals surface area contributed by atoms with Crippen molar-refractivity contribution in [3.8, 4) is 17.2 Å². The molecule has 3 N–H and O–H groups in total. The number of ether oxygens (including phenoxy) is 6. The quantitative estimate of drug-likeness (QED) is 0.0708. The molecule has 6 atom stereocenters. The van der Waals surface area contributed by atoms with Gasteiger partial charge in [0.2, 0.25) is 0 Å². The third kappa shape index (κ3) is 16.8. The molecule has 3 aliphatic carbocycles. The number of nitrogens with zero attached hydrogens (tertiary/aromatic N) is 3. The number of benzene rings is 9. The van der Waals surface area contributed by atoms with Crippen LogP contribution in [0.4, 0.5) is 30.2 Å². The molecule has 0 unspecified atom stereocenters. The summed E-state index contributed by atoms with van der Waals surface area (Å²) in [7, 11) is 10.1. The lowest BCUT2D eigenvalue weighted by molar-refractivity contribution is -0.141. The molecule has 6 aliphatic rings. The Kier molecular flexibility index (Phi) is 24.7. The highest BCUT2D eigenvalue weighted by molar-refractivity contribution is 5.57. The predicted molar refractivity (Wildman–Crippen MR) is 410 cm³/mol. The molecule has 0 aromatic heterocycles. The number of phenolic OH excluding ortho intramolecular Hbond substituents is 3. The van der Waals surface area contributed by atoms with Gasteiger partial charge in [0.1, 0.15) is 34.7 Å². The summed E-state index contributed by atoms with van der Waals surface area (Å²) < 4.78 is 80.2. The molecule has 3 aliphatic heterocycles. The maximum Gasteiger partial charge on any atom is 0.159 e. The Morgan fingerprint density at radius 3 is 0.762 bits per heavy atom. The molecule has 0 radical (unpaired) electrons. The SMILES string of the molecule is COC(OC)C1CCN(c2ccc([C@@H]3c4ccc(O)cc4CC[C@@H]3c3ccccc3)c(F)c2)CC1.COC(OC)C1CCN(c2ccc([C@@H]3c4ccc(O)cc4CC[C@@H]3c3ccccc3)c(F)c2)CC1.COC(OC)C1CCN(c2ccc([C@H]3c4ccc(O)cc4CC[C@H]3c3ccccc3)c(F)c2)CC1. The van der Waals surface area contributed by atoms with Gasteiger partial charge in [-0.3, -0.25) is 0 Å². The fourth-order valence-corrected chi connectivity index (χ4v) is 18.4. The Hall–Kier alpha value is -8.67. The molecule has 3 saturated heterocycles. The van der Waals surface area contributed by atoms with Gasteiger partial charge in [-0.1, -0.05) is 127 Å². The van der Waals surface area contributed by atoms with E-state index >= 15 is 13.2 Å². The van der Waals surface area contributed by atoms with E-state index in [0.29, 0.717) is 17.8 Å². The predicted octanol–water partition coefficient (Wildman–Crippen LogP) is 18.7. The summed E-state index contributed by atoms with van der Waals surface area (Å²) in [4.78, 5) is 6.77. The molecule has 15 rings (SSSR count). The number of halogens is 3. The molecule has 552 valence electrons. The minimum absolute atomic E-state index is 0.0919. The lowest BCUT2D eigenvalue weighted by Crippen LogP contribution is -2.39. The van der Waals surface area contributed by atoms with E-state index < -0.39 is 0 Å². The summed E-state index contributed by atoms with van der Waals surface area (Å²) in [6.45, 7) is 5.11. The van der Waals surface area contributed by atoms with E-state index in [1.807, 2.05) is 72.8 Å². The van der Waals surface area contributed by atoms with Gasteiger partial charge >= 0.3 is 0 Å². The van der Waals surface area contributed by atoms with Crippen molar-refractivity contribution in [2.75, 3.05) is 96.6 Å². The van der Waals surface area contributed by atoms with Crippen molar-refractivity contribution >= 4 is 17.1 Å². The first-order chi connectivity index (χ1) is 51.3. The molecular formula is C90H102F3N3O9. The van der Waals surface area contributed by atoms with E-state index in [1.54, 1.807) is 79.1 Å². The first-order valence-electron chi connectivity index (χ1n) is 37.7. The highest BCUT2D eigenvalue weighted by atomic mass is 19.1. The van der Waals surface area contributed by atoms with Crippen LogP contribution >= 0.6 is 0 Å². The van der Waals surface area contributed by atoms with Crippen LogP contribution in [-0.4, -0.2) is 116 Å². The number of aryl methyl sites for hydroxylation is 3. The van der Waals surface area contributed by atoms with Gasteiger partial charge in [0.15, 0.2) is 18.9 Å². The fraction of sp³-hybridized carbons (Fsp3) is 0.400. The summed E-state index contributed by atoms with van der Waals surface area (Å²) in [5.74, 6) is 1.65. The van der Waals surface area contributed by atoms with E-state index in [0.717, 1.165) is 183 Å². The monoisotopic (exact) mass is 1430 g/mol. The lowest BCUT2D eigenvalue weighted by Gasteiger charge is -2.37. The molecule has 9 aromatic rings. The first kappa shape index (κ1) is 74.6. The van der Waals surface area contributed by atoms with Crippen LogP contribution in [0.2, 0.25) is 0 Å². The second kappa shape index (κ2) is 34.7. The third-order valence-corrected chi connectivity index (χ3v) is 23.7. The van der Waals surface area contributed by atoms with E-state index in [9.17, 15) is 15.3 Å². The largest absolute Gasteiger partial charge is 0.508 e. The molecule has 0 spiro atoms. The standard InChI is InChI=1S/3C30H34FNO3/c3*1-34-30(35-2)21-14-16-32(17-15-21)23-9-12-27(28(31)19-23)29-25(20-6-4-3-5-7-20)11-8-22-18-24(33)10-13-26(22)29/h3*3-7,9-10,12-13,18-19,21,25,29-30,33H,8,11,14-17H2,1-2H3/t3*25-,29+/m110/s1. The number of aromatic hydroxyl groups is 3. The Morgan fingerprint density at radius 2 is 0.533 bits per heavy atom. The number of rotatable bonds is 18. The maximum atomic E-state index is 15.9. The van der Waals surface area contributed by atoms with Crippen molar-refractivity contribution in [1.29, 1.82) is 0 Å². The van der Waals surface area contributed by atoms with Crippen LogP contribution in [0.25, 0.3) is 0 Å². The zero-order chi connectivity index (χ0) is 73.1. The molecule has 12 nitrogen and oxygen atoms in total. The smallest absolute Gasteiger partial charge is 0.159 e. The maximum absolute atomic E-state index is 15.9. The highest BCUT2D eigenvalue weighted by Gasteiger charge is 2.39. The minimum Gasteiger partial charge on any atom is -0.508 e. The zero-order valence-electron chi connectivity index (χ0n) is 61.5. The van der Waals surface area contributed by atoms with Crippen molar-refractivity contribution < 1.29 is 56.9 Å². The van der Waals surface area contributed by atoms with Gasteiger partial charge in [0, 0.05) is 134 Å². The summed E-state index contributed by atoms with van der Waals surface area (Å²) >= 11 is 0. The number of fused-ring (bicyclic) bond motifs is 3.